The third-order valence-corrected chi connectivity index (χ3v) is 6.37. The minimum atomic E-state index is -3.42. The topological polar surface area (TPSA) is 63.4 Å². The summed E-state index contributed by atoms with van der Waals surface area (Å²) in [6.45, 7) is 9.36. The van der Waals surface area contributed by atoms with Crippen molar-refractivity contribution in [3.63, 3.8) is 0 Å². The van der Waals surface area contributed by atoms with Gasteiger partial charge in [-0.15, -0.1) is 12.4 Å². The third-order valence-electron chi connectivity index (χ3n) is 4.22. The van der Waals surface area contributed by atoms with E-state index >= 15 is 0 Å². The molecule has 1 aliphatic heterocycles. The zero-order valence-corrected chi connectivity index (χ0v) is 14.8. The molecule has 2 N–H and O–H groups in total. The van der Waals surface area contributed by atoms with Gasteiger partial charge in [0, 0.05) is 13.1 Å². The highest BCUT2D eigenvalue weighted by Gasteiger charge is 2.39. The van der Waals surface area contributed by atoms with Crippen molar-refractivity contribution in [3.05, 3.63) is 28.8 Å². The van der Waals surface area contributed by atoms with Crippen LogP contribution in [-0.4, -0.2) is 32.4 Å². The molecule has 1 atom stereocenters. The monoisotopic (exact) mass is 332 g/mol. The van der Waals surface area contributed by atoms with Crippen LogP contribution in [0.15, 0.2) is 17.0 Å². The molecule has 0 aliphatic carbocycles. The summed E-state index contributed by atoms with van der Waals surface area (Å²) in [5.74, 6) is 0. The molecule has 120 valence electrons. The first-order chi connectivity index (χ1) is 9.19. The van der Waals surface area contributed by atoms with Gasteiger partial charge >= 0.3 is 0 Å². The fraction of sp³-hybridized carbons (Fsp3) is 0.600. The van der Waals surface area contributed by atoms with Crippen molar-refractivity contribution in [3.8, 4) is 0 Å². The summed E-state index contributed by atoms with van der Waals surface area (Å²) in [5.41, 5.74) is 8.41. The first-order valence-electron chi connectivity index (χ1n) is 6.98. The smallest absolute Gasteiger partial charge is 0.243 e. The number of sulfonamides is 1. The van der Waals surface area contributed by atoms with E-state index in [1.54, 1.807) is 4.31 Å². The largest absolute Gasteiger partial charge is 0.330 e. The van der Waals surface area contributed by atoms with Gasteiger partial charge in [-0.25, -0.2) is 8.42 Å². The Kier molecular flexibility index (Phi) is 5.48. The van der Waals surface area contributed by atoms with Crippen molar-refractivity contribution in [2.75, 3.05) is 19.6 Å². The Morgan fingerprint density at radius 2 is 1.76 bits per heavy atom. The minimum absolute atomic E-state index is 0. The molecule has 1 aromatic carbocycles. The number of hydrogen-bond donors (Lipinski definition) is 1. The van der Waals surface area contributed by atoms with E-state index in [0.717, 1.165) is 23.1 Å². The molecule has 21 heavy (non-hydrogen) atoms. The molecular formula is C15H25ClN2O2S. The van der Waals surface area contributed by atoms with E-state index in [-0.39, 0.29) is 17.8 Å². The van der Waals surface area contributed by atoms with Crippen molar-refractivity contribution in [2.45, 2.75) is 39.0 Å². The second kappa shape index (κ2) is 6.24. The molecule has 1 aliphatic rings. The van der Waals surface area contributed by atoms with Gasteiger partial charge in [0.2, 0.25) is 10.0 Å². The van der Waals surface area contributed by atoms with Gasteiger partial charge in [0.05, 0.1) is 4.90 Å². The van der Waals surface area contributed by atoms with E-state index in [1.165, 1.54) is 0 Å². The van der Waals surface area contributed by atoms with E-state index in [4.69, 9.17) is 5.73 Å². The Balaban J connectivity index is 0.00000220. The van der Waals surface area contributed by atoms with Crippen LogP contribution < -0.4 is 5.73 Å². The zero-order chi connectivity index (χ0) is 15.1. The van der Waals surface area contributed by atoms with E-state index < -0.39 is 10.0 Å². The summed E-state index contributed by atoms with van der Waals surface area (Å²) in [6, 6.07) is 3.86. The molecule has 0 radical (unpaired) electrons. The number of hydrogen-bond acceptors (Lipinski definition) is 3. The summed E-state index contributed by atoms with van der Waals surface area (Å²) in [4.78, 5) is 0.462. The summed E-state index contributed by atoms with van der Waals surface area (Å²) in [6.07, 6.45) is 0.826. The fourth-order valence-electron chi connectivity index (χ4n) is 3.05. The Hall–Kier alpha value is -0.620. The Morgan fingerprint density at radius 1 is 1.24 bits per heavy atom. The van der Waals surface area contributed by atoms with Crippen LogP contribution in [-0.2, 0) is 10.0 Å². The van der Waals surface area contributed by atoms with Crippen LogP contribution in [0.2, 0.25) is 0 Å². The molecule has 1 unspecified atom stereocenters. The van der Waals surface area contributed by atoms with Crippen molar-refractivity contribution in [2.24, 2.45) is 11.1 Å². The molecule has 0 bridgehead atoms. The lowest BCUT2D eigenvalue weighted by Crippen LogP contribution is -2.35. The Labute approximate surface area is 134 Å². The summed E-state index contributed by atoms with van der Waals surface area (Å²) in [7, 11) is -3.42. The predicted molar refractivity (Wildman–Crippen MR) is 88.4 cm³/mol. The van der Waals surface area contributed by atoms with E-state index in [9.17, 15) is 8.42 Å². The quantitative estimate of drug-likeness (QED) is 0.924. The Bertz CT molecular complexity index is 608. The maximum atomic E-state index is 12.9. The van der Waals surface area contributed by atoms with Gasteiger partial charge in [-0.2, -0.15) is 4.31 Å². The number of nitrogens with zero attached hydrogens (tertiary/aromatic N) is 1. The number of nitrogens with two attached hydrogens (primary N) is 1. The second-order valence-corrected chi connectivity index (χ2v) is 8.21. The van der Waals surface area contributed by atoms with Gasteiger partial charge in [0.1, 0.15) is 0 Å². The van der Waals surface area contributed by atoms with Gasteiger partial charge in [-0.1, -0.05) is 24.6 Å². The molecular weight excluding hydrogens is 308 g/mol. The lowest BCUT2D eigenvalue weighted by molar-refractivity contribution is 0.349. The van der Waals surface area contributed by atoms with E-state index in [0.29, 0.717) is 24.5 Å². The van der Waals surface area contributed by atoms with Gasteiger partial charge in [0.15, 0.2) is 0 Å². The van der Waals surface area contributed by atoms with Crippen LogP contribution in [0, 0.1) is 26.2 Å². The van der Waals surface area contributed by atoms with E-state index in [1.807, 2.05) is 32.9 Å². The lowest BCUT2D eigenvalue weighted by Gasteiger charge is -2.23. The number of halogens is 1. The van der Waals surface area contributed by atoms with Crippen molar-refractivity contribution in [1.82, 2.24) is 4.31 Å². The first-order valence-corrected chi connectivity index (χ1v) is 8.42. The first kappa shape index (κ1) is 18.4. The lowest BCUT2D eigenvalue weighted by atomic mass is 9.90. The molecule has 0 aromatic heterocycles. The molecule has 6 heteroatoms. The number of rotatable bonds is 3. The van der Waals surface area contributed by atoms with Crippen LogP contribution in [0.5, 0.6) is 0 Å². The highest BCUT2D eigenvalue weighted by Crippen LogP contribution is 2.34. The highest BCUT2D eigenvalue weighted by molar-refractivity contribution is 7.89. The molecule has 1 heterocycles. The van der Waals surface area contributed by atoms with Gasteiger partial charge in [0.25, 0.3) is 0 Å². The van der Waals surface area contributed by atoms with Gasteiger partial charge < -0.3 is 5.73 Å². The maximum absolute atomic E-state index is 12.9. The number of benzene rings is 1. The normalized spacial score (nSPS) is 23.1. The summed E-state index contributed by atoms with van der Waals surface area (Å²) in [5, 5.41) is 0. The minimum Gasteiger partial charge on any atom is -0.330 e. The SMILES string of the molecule is Cc1cc(C)c(S(=O)(=O)N2CCC(C)(CN)C2)c(C)c1.Cl. The van der Waals surface area contributed by atoms with Gasteiger partial charge in [-0.3, -0.25) is 0 Å². The molecule has 0 amide bonds. The van der Waals surface area contributed by atoms with Crippen LogP contribution in [0.3, 0.4) is 0 Å². The van der Waals surface area contributed by atoms with Crippen LogP contribution >= 0.6 is 12.4 Å². The average Bonchev–Trinajstić information content (AvgIpc) is 2.71. The van der Waals surface area contributed by atoms with E-state index in [2.05, 4.69) is 6.92 Å². The molecule has 2 rings (SSSR count). The van der Waals surface area contributed by atoms with Crippen molar-refractivity contribution >= 4 is 22.4 Å². The Morgan fingerprint density at radius 3 is 2.19 bits per heavy atom. The third kappa shape index (κ3) is 3.42. The maximum Gasteiger partial charge on any atom is 0.243 e. The molecule has 4 nitrogen and oxygen atoms in total. The molecule has 1 aromatic rings. The fourth-order valence-corrected chi connectivity index (χ4v) is 5.06. The van der Waals surface area contributed by atoms with Gasteiger partial charge in [-0.05, 0) is 50.3 Å². The average molecular weight is 333 g/mol. The molecule has 1 fully saturated rings. The molecule has 0 saturated carbocycles. The predicted octanol–water partition coefficient (Wildman–Crippen LogP) is 2.39. The standard InChI is InChI=1S/C15H24N2O2S.ClH/c1-11-7-12(2)14(13(3)8-11)20(18,19)17-6-5-15(4,9-16)10-17;/h7-8H,5-6,9-10,16H2,1-4H3;1H. The van der Waals surface area contributed by atoms with Crippen molar-refractivity contribution < 1.29 is 8.42 Å². The number of aryl methyl sites for hydroxylation is 3. The highest BCUT2D eigenvalue weighted by atomic mass is 35.5. The summed E-state index contributed by atoms with van der Waals surface area (Å²) >= 11 is 0. The zero-order valence-electron chi connectivity index (χ0n) is 13.1. The molecule has 1 saturated heterocycles. The van der Waals surface area contributed by atoms with Crippen molar-refractivity contribution in [1.29, 1.82) is 0 Å². The summed E-state index contributed by atoms with van der Waals surface area (Å²) < 4.78 is 27.3. The molecule has 0 spiro atoms. The van der Waals surface area contributed by atoms with Crippen LogP contribution in [0.4, 0.5) is 0 Å². The van der Waals surface area contributed by atoms with Crippen LogP contribution in [0.1, 0.15) is 30.0 Å². The van der Waals surface area contributed by atoms with Crippen LogP contribution in [0.25, 0.3) is 0 Å². The second-order valence-electron chi connectivity index (χ2n) is 6.33.